The van der Waals surface area contributed by atoms with Gasteiger partial charge >= 0.3 is 6.18 Å². The van der Waals surface area contributed by atoms with Crippen molar-refractivity contribution in [1.29, 1.82) is 0 Å². The van der Waals surface area contributed by atoms with Gasteiger partial charge in [0.05, 0.1) is 10.2 Å². The molecule has 1 atom stereocenters. The summed E-state index contributed by atoms with van der Waals surface area (Å²) in [6, 6.07) is 5.63. The Kier molecular flexibility index (Phi) is 5.27. The van der Waals surface area contributed by atoms with Crippen LogP contribution < -0.4 is 5.73 Å². The molecule has 0 amide bonds. The number of alkyl halides is 3. The molecule has 8 heteroatoms. The van der Waals surface area contributed by atoms with Gasteiger partial charge in [-0.2, -0.15) is 13.2 Å². The maximum Gasteiger partial charge on any atom is 0.404 e. The minimum atomic E-state index is -4.34. The van der Waals surface area contributed by atoms with Gasteiger partial charge < -0.3 is 5.73 Å². The monoisotopic (exact) mass is 314 g/mol. The van der Waals surface area contributed by atoms with Gasteiger partial charge in [-0.3, -0.25) is 0 Å². The summed E-state index contributed by atoms with van der Waals surface area (Å²) in [5.74, 6) is -0.205. The van der Waals surface area contributed by atoms with Gasteiger partial charge in [-0.15, -0.1) is 23.7 Å². The van der Waals surface area contributed by atoms with E-state index in [-0.39, 0.29) is 18.2 Å². The standard InChI is InChI=1S/C10H9F3N2S2.ClH/c11-10(12,13)8(14)5-16-9-15-6-3-1-2-4-7(6)17-9;/h1-4,8H,5,14H2;1H/t8-;/m1./s1. The van der Waals surface area contributed by atoms with Crippen LogP contribution in [-0.4, -0.2) is 23.0 Å². The van der Waals surface area contributed by atoms with Crippen LogP contribution in [0.5, 0.6) is 0 Å². The number of fused-ring (bicyclic) bond motifs is 1. The molecule has 1 aromatic carbocycles. The van der Waals surface area contributed by atoms with Crippen LogP contribution in [0.4, 0.5) is 13.2 Å². The Morgan fingerprint density at radius 1 is 1.33 bits per heavy atom. The molecule has 100 valence electrons. The summed E-state index contributed by atoms with van der Waals surface area (Å²) >= 11 is 2.42. The highest BCUT2D eigenvalue weighted by Crippen LogP contribution is 2.31. The van der Waals surface area contributed by atoms with Gasteiger partial charge in [-0.05, 0) is 12.1 Å². The number of aromatic nitrogens is 1. The van der Waals surface area contributed by atoms with Gasteiger partial charge in [-0.25, -0.2) is 4.98 Å². The van der Waals surface area contributed by atoms with E-state index in [0.717, 1.165) is 22.0 Å². The van der Waals surface area contributed by atoms with Crippen LogP contribution in [0.3, 0.4) is 0 Å². The normalized spacial score (nSPS) is 13.3. The highest BCUT2D eigenvalue weighted by Gasteiger charge is 2.36. The van der Waals surface area contributed by atoms with Crippen LogP contribution in [-0.2, 0) is 0 Å². The summed E-state index contributed by atoms with van der Waals surface area (Å²) in [6.07, 6.45) is -4.34. The fourth-order valence-corrected chi connectivity index (χ4v) is 3.25. The number of nitrogens with two attached hydrogens (primary N) is 1. The van der Waals surface area contributed by atoms with E-state index < -0.39 is 12.2 Å². The quantitative estimate of drug-likeness (QED) is 0.878. The molecule has 18 heavy (non-hydrogen) atoms. The summed E-state index contributed by atoms with van der Waals surface area (Å²) < 4.78 is 38.2. The number of rotatable bonds is 3. The fourth-order valence-electron chi connectivity index (χ4n) is 1.17. The molecule has 0 radical (unpaired) electrons. The summed E-state index contributed by atoms with van der Waals surface area (Å²) in [5.41, 5.74) is 5.83. The minimum Gasteiger partial charge on any atom is -0.319 e. The largest absolute Gasteiger partial charge is 0.404 e. The SMILES string of the molecule is Cl.N[C@H](CSc1nc2ccccc2s1)C(F)(F)F. The van der Waals surface area contributed by atoms with Gasteiger partial charge in [0.25, 0.3) is 0 Å². The van der Waals surface area contributed by atoms with Crippen molar-refractivity contribution in [3.05, 3.63) is 24.3 Å². The number of para-hydroxylation sites is 1. The first-order chi connectivity index (χ1) is 7.97. The van der Waals surface area contributed by atoms with Gasteiger partial charge in [0, 0.05) is 5.75 Å². The third-order valence-electron chi connectivity index (χ3n) is 2.08. The molecule has 0 aliphatic heterocycles. The zero-order valence-corrected chi connectivity index (χ0v) is 11.4. The second kappa shape index (κ2) is 6.10. The van der Waals surface area contributed by atoms with Gasteiger partial charge in [0.1, 0.15) is 6.04 Å². The van der Waals surface area contributed by atoms with Crippen LogP contribution >= 0.6 is 35.5 Å². The predicted molar refractivity (Wildman–Crippen MR) is 71.6 cm³/mol. The topological polar surface area (TPSA) is 38.9 Å². The third-order valence-corrected chi connectivity index (χ3v) is 4.38. The van der Waals surface area contributed by atoms with Crippen LogP contribution in [0.2, 0.25) is 0 Å². The molecule has 0 fully saturated rings. The lowest BCUT2D eigenvalue weighted by atomic mass is 10.3. The van der Waals surface area contributed by atoms with Crippen molar-refractivity contribution in [3.63, 3.8) is 0 Å². The second-order valence-corrected chi connectivity index (χ2v) is 5.70. The smallest absolute Gasteiger partial charge is 0.319 e. The lowest BCUT2D eigenvalue weighted by molar-refractivity contribution is -0.142. The predicted octanol–water partition coefficient (Wildman–Crippen LogP) is 3.70. The summed E-state index contributed by atoms with van der Waals surface area (Å²) in [4.78, 5) is 4.23. The van der Waals surface area contributed by atoms with E-state index in [0.29, 0.717) is 4.34 Å². The number of benzene rings is 1. The zero-order valence-electron chi connectivity index (χ0n) is 8.98. The number of thioether (sulfide) groups is 1. The van der Waals surface area contributed by atoms with E-state index in [2.05, 4.69) is 4.98 Å². The van der Waals surface area contributed by atoms with Crippen molar-refractivity contribution in [1.82, 2.24) is 4.98 Å². The summed E-state index contributed by atoms with van der Waals surface area (Å²) in [5, 5.41) is 0. The van der Waals surface area contributed by atoms with Crippen molar-refractivity contribution >= 4 is 45.7 Å². The molecule has 0 spiro atoms. The van der Waals surface area contributed by atoms with Crippen molar-refractivity contribution < 1.29 is 13.2 Å². The van der Waals surface area contributed by atoms with E-state index in [9.17, 15) is 13.2 Å². The maximum absolute atomic E-state index is 12.2. The van der Waals surface area contributed by atoms with Crippen LogP contribution in [0.1, 0.15) is 0 Å². The summed E-state index contributed by atoms with van der Waals surface area (Å²) in [7, 11) is 0. The Labute approximate surface area is 116 Å². The molecular weight excluding hydrogens is 305 g/mol. The molecular formula is C10H10ClF3N2S2. The molecule has 0 saturated carbocycles. The fraction of sp³-hybridized carbons (Fsp3) is 0.300. The first-order valence-corrected chi connectivity index (χ1v) is 6.57. The van der Waals surface area contributed by atoms with Crippen molar-refractivity contribution in [3.8, 4) is 0 Å². The van der Waals surface area contributed by atoms with Crippen molar-refractivity contribution in [2.75, 3.05) is 5.75 Å². The number of halogens is 4. The van der Waals surface area contributed by atoms with Crippen LogP contribution in [0.25, 0.3) is 10.2 Å². The molecule has 0 bridgehead atoms. The molecule has 0 saturated heterocycles. The van der Waals surface area contributed by atoms with E-state index >= 15 is 0 Å². The molecule has 1 aromatic heterocycles. The lowest BCUT2D eigenvalue weighted by Gasteiger charge is -2.13. The highest BCUT2D eigenvalue weighted by molar-refractivity contribution is 8.01. The van der Waals surface area contributed by atoms with Crippen LogP contribution in [0, 0.1) is 0 Å². The van der Waals surface area contributed by atoms with E-state index in [4.69, 9.17) is 5.73 Å². The average Bonchev–Trinajstić information content (AvgIpc) is 2.66. The van der Waals surface area contributed by atoms with Gasteiger partial charge in [0.15, 0.2) is 4.34 Å². The molecule has 2 aromatic rings. The van der Waals surface area contributed by atoms with E-state index in [1.807, 2.05) is 24.3 Å². The molecule has 0 unspecified atom stereocenters. The third kappa shape index (κ3) is 3.74. The van der Waals surface area contributed by atoms with Gasteiger partial charge in [0.2, 0.25) is 0 Å². The van der Waals surface area contributed by atoms with Crippen LogP contribution in [0.15, 0.2) is 28.6 Å². The first kappa shape index (κ1) is 15.6. The number of thiazole rings is 1. The second-order valence-electron chi connectivity index (χ2n) is 3.41. The minimum absolute atomic E-state index is 0. The number of hydrogen-bond donors (Lipinski definition) is 1. The molecule has 2 rings (SSSR count). The Morgan fingerprint density at radius 2 is 2.00 bits per heavy atom. The molecule has 0 aliphatic carbocycles. The highest BCUT2D eigenvalue weighted by atomic mass is 35.5. The van der Waals surface area contributed by atoms with Crippen molar-refractivity contribution in [2.24, 2.45) is 5.73 Å². The lowest BCUT2D eigenvalue weighted by Crippen LogP contribution is -2.39. The number of hydrogen-bond acceptors (Lipinski definition) is 4. The Bertz CT molecular complexity index is 482. The van der Waals surface area contributed by atoms with Crippen molar-refractivity contribution in [2.45, 2.75) is 16.6 Å². The maximum atomic E-state index is 12.2. The Balaban J connectivity index is 0.00000162. The van der Waals surface area contributed by atoms with E-state index in [1.54, 1.807) is 0 Å². The average molecular weight is 315 g/mol. The van der Waals surface area contributed by atoms with E-state index in [1.165, 1.54) is 11.3 Å². The molecule has 1 heterocycles. The Morgan fingerprint density at radius 3 is 2.61 bits per heavy atom. The molecule has 2 nitrogen and oxygen atoms in total. The Hall–Kier alpha value is -0.500. The number of nitrogens with zero attached hydrogens (tertiary/aromatic N) is 1. The molecule has 0 aliphatic rings. The first-order valence-electron chi connectivity index (χ1n) is 4.77. The molecule has 2 N–H and O–H groups in total. The zero-order chi connectivity index (χ0) is 12.5. The summed E-state index contributed by atoms with van der Waals surface area (Å²) in [6.45, 7) is 0. The van der Waals surface area contributed by atoms with Gasteiger partial charge in [-0.1, -0.05) is 23.9 Å².